The molecule has 4 nitrogen and oxygen atoms in total. The Morgan fingerprint density at radius 1 is 1.16 bits per heavy atom. The van der Waals surface area contributed by atoms with Gasteiger partial charge in [-0.2, -0.15) is 18.4 Å². The maximum absolute atomic E-state index is 13.3. The van der Waals surface area contributed by atoms with Crippen LogP contribution in [-0.2, 0) is 16.0 Å². The van der Waals surface area contributed by atoms with Gasteiger partial charge in [-0.3, -0.25) is 4.79 Å². The number of hydrogen-bond donors (Lipinski definition) is 0. The Labute approximate surface area is 143 Å². The first-order valence-electron chi connectivity index (χ1n) is 8.03. The minimum Gasteiger partial charge on any atom is -0.294 e. The highest BCUT2D eigenvalue weighted by Gasteiger charge is 2.47. The maximum Gasteiger partial charge on any atom is 0.417 e. The first-order chi connectivity index (χ1) is 11.6. The van der Waals surface area contributed by atoms with Crippen molar-refractivity contribution in [2.75, 3.05) is 0 Å². The van der Waals surface area contributed by atoms with Crippen molar-refractivity contribution in [3.8, 4) is 6.07 Å². The lowest BCUT2D eigenvalue weighted by molar-refractivity contribution is -0.138. The van der Waals surface area contributed by atoms with Crippen LogP contribution in [0.4, 0.5) is 13.2 Å². The van der Waals surface area contributed by atoms with Crippen molar-refractivity contribution in [2.24, 2.45) is 5.92 Å². The number of Topliss-reactive ketones (excluding diaryl/α,β-unsaturated/α-hetero) is 1. The van der Waals surface area contributed by atoms with Crippen LogP contribution in [-0.4, -0.2) is 24.7 Å². The third-order valence-corrected chi connectivity index (χ3v) is 7.88. The smallest absolute Gasteiger partial charge is 0.294 e. The molecule has 2 heterocycles. The van der Waals surface area contributed by atoms with Crippen LogP contribution in [0.3, 0.4) is 0 Å². The van der Waals surface area contributed by atoms with Gasteiger partial charge in [0.15, 0.2) is 15.6 Å². The molecular weight excluding hydrogens is 355 g/mol. The van der Waals surface area contributed by atoms with Crippen molar-refractivity contribution in [3.63, 3.8) is 0 Å². The average Bonchev–Trinajstić information content (AvgIpc) is 2.51. The molecular formula is C17H16F3NO3S. The molecule has 2 unspecified atom stereocenters. The minimum absolute atomic E-state index is 0.0783. The van der Waals surface area contributed by atoms with Gasteiger partial charge in [0.05, 0.1) is 27.7 Å². The van der Waals surface area contributed by atoms with Gasteiger partial charge >= 0.3 is 6.18 Å². The van der Waals surface area contributed by atoms with Crippen molar-refractivity contribution in [2.45, 2.75) is 48.8 Å². The second kappa shape index (κ2) is 6.13. The molecule has 2 atom stereocenters. The van der Waals surface area contributed by atoms with Crippen LogP contribution >= 0.6 is 0 Å². The number of benzene rings is 1. The topological polar surface area (TPSA) is 75.0 Å². The Hall–Kier alpha value is -1.88. The van der Waals surface area contributed by atoms with Crippen LogP contribution in [0.2, 0.25) is 0 Å². The van der Waals surface area contributed by atoms with E-state index in [1.165, 1.54) is 6.07 Å². The van der Waals surface area contributed by atoms with Crippen LogP contribution in [0, 0.1) is 17.2 Å². The molecule has 2 aliphatic heterocycles. The van der Waals surface area contributed by atoms with Gasteiger partial charge in [0.2, 0.25) is 0 Å². The molecule has 1 aromatic rings. The van der Waals surface area contributed by atoms with E-state index in [9.17, 15) is 26.4 Å². The van der Waals surface area contributed by atoms with Crippen LogP contribution in [0.15, 0.2) is 18.2 Å². The van der Waals surface area contributed by atoms with Crippen LogP contribution in [0.25, 0.3) is 0 Å². The number of carbonyl (C=O) groups excluding carboxylic acids is 1. The Morgan fingerprint density at radius 3 is 2.28 bits per heavy atom. The van der Waals surface area contributed by atoms with Gasteiger partial charge in [-0.1, -0.05) is 6.42 Å². The highest BCUT2D eigenvalue weighted by Crippen LogP contribution is 2.42. The number of nitriles is 1. The second-order valence-corrected chi connectivity index (χ2v) is 9.18. The third-order valence-electron chi connectivity index (χ3n) is 5.17. The average molecular weight is 371 g/mol. The summed E-state index contributed by atoms with van der Waals surface area (Å²) in [6.45, 7) is 0. The third kappa shape index (κ3) is 3.17. The lowest BCUT2D eigenvalue weighted by atomic mass is 9.83. The molecule has 0 radical (unpaired) electrons. The first-order valence-corrected chi connectivity index (χ1v) is 9.64. The summed E-state index contributed by atoms with van der Waals surface area (Å²) in [5, 5.41) is 7.53. The van der Waals surface area contributed by atoms with Gasteiger partial charge in [0, 0.05) is 11.5 Å². The molecule has 8 heteroatoms. The largest absolute Gasteiger partial charge is 0.417 e. The Bertz CT molecular complexity index is 835. The Morgan fingerprint density at radius 2 is 1.76 bits per heavy atom. The second-order valence-electron chi connectivity index (χ2n) is 6.67. The van der Waals surface area contributed by atoms with E-state index in [0.29, 0.717) is 18.9 Å². The van der Waals surface area contributed by atoms with Gasteiger partial charge < -0.3 is 0 Å². The number of alkyl halides is 3. The van der Waals surface area contributed by atoms with Crippen molar-refractivity contribution in [1.82, 2.24) is 0 Å². The molecule has 3 rings (SSSR count). The van der Waals surface area contributed by atoms with Crippen LogP contribution in [0.1, 0.15) is 53.6 Å². The SMILES string of the molecule is N#Cc1ccc(C(=O)C2CC3CCCC(C2)S3(=O)=O)c(C(F)(F)F)c1. The predicted octanol–water partition coefficient (Wildman–Crippen LogP) is 3.51. The fraction of sp³-hybridized carbons (Fsp3) is 0.529. The monoisotopic (exact) mass is 371 g/mol. The highest BCUT2D eigenvalue weighted by atomic mass is 32.2. The Kier molecular flexibility index (Phi) is 4.40. The summed E-state index contributed by atoms with van der Waals surface area (Å²) in [7, 11) is -3.28. The number of fused-ring (bicyclic) bond motifs is 2. The number of rotatable bonds is 2. The van der Waals surface area contributed by atoms with E-state index in [4.69, 9.17) is 5.26 Å². The van der Waals surface area contributed by atoms with E-state index in [0.717, 1.165) is 12.5 Å². The van der Waals surface area contributed by atoms with Crippen molar-refractivity contribution in [3.05, 3.63) is 34.9 Å². The van der Waals surface area contributed by atoms with E-state index < -0.39 is 49.3 Å². The molecule has 0 aromatic heterocycles. The molecule has 2 bridgehead atoms. The molecule has 0 spiro atoms. The zero-order valence-electron chi connectivity index (χ0n) is 13.2. The van der Waals surface area contributed by atoms with Gasteiger partial charge in [-0.15, -0.1) is 0 Å². The molecule has 1 aromatic carbocycles. The number of hydrogen-bond acceptors (Lipinski definition) is 4. The number of halogens is 3. The van der Waals surface area contributed by atoms with E-state index >= 15 is 0 Å². The van der Waals surface area contributed by atoms with Crippen molar-refractivity contribution in [1.29, 1.82) is 5.26 Å². The number of sulfone groups is 1. The molecule has 2 aliphatic rings. The zero-order valence-corrected chi connectivity index (χ0v) is 14.0. The summed E-state index contributed by atoms with van der Waals surface area (Å²) in [5.74, 6) is -1.41. The summed E-state index contributed by atoms with van der Waals surface area (Å²) in [6, 6.07) is 4.53. The zero-order chi connectivity index (χ0) is 18.4. The molecule has 2 fully saturated rings. The van der Waals surface area contributed by atoms with Gasteiger partial charge in [-0.25, -0.2) is 8.42 Å². The number of nitrogens with zero attached hydrogens (tertiary/aromatic N) is 1. The maximum atomic E-state index is 13.3. The van der Waals surface area contributed by atoms with Crippen molar-refractivity contribution < 1.29 is 26.4 Å². The van der Waals surface area contributed by atoms with Crippen LogP contribution < -0.4 is 0 Å². The lowest BCUT2D eigenvalue weighted by Gasteiger charge is -2.38. The Balaban J connectivity index is 1.96. The molecule has 0 amide bonds. The highest BCUT2D eigenvalue weighted by molar-refractivity contribution is 7.92. The summed E-state index contributed by atoms with van der Waals surface area (Å²) in [4.78, 5) is 12.7. The van der Waals surface area contributed by atoms with Gasteiger partial charge in [0.1, 0.15) is 0 Å². The molecule has 0 N–H and O–H groups in total. The molecule has 2 saturated heterocycles. The summed E-state index contributed by atoms with van der Waals surface area (Å²) >= 11 is 0. The summed E-state index contributed by atoms with van der Waals surface area (Å²) in [5.41, 5.74) is -1.78. The van der Waals surface area contributed by atoms with E-state index in [1.807, 2.05) is 0 Å². The van der Waals surface area contributed by atoms with E-state index in [1.54, 1.807) is 6.07 Å². The summed E-state index contributed by atoms with van der Waals surface area (Å²) < 4.78 is 64.4. The standard InChI is InChI=1S/C17H16F3NO3S/c18-17(19,20)15-6-10(9-21)4-5-14(15)16(22)11-7-12-2-1-3-13(8-11)25(12,23)24/h4-6,11-13H,1-3,7-8H2. The lowest BCUT2D eigenvalue weighted by Crippen LogP contribution is -2.45. The molecule has 0 saturated carbocycles. The van der Waals surface area contributed by atoms with Gasteiger partial charge in [-0.05, 0) is 43.9 Å². The molecule has 25 heavy (non-hydrogen) atoms. The van der Waals surface area contributed by atoms with Crippen LogP contribution in [0.5, 0.6) is 0 Å². The predicted molar refractivity (Wildman–Crippen MR) is 83.6 cm³/mol. The van der Waals surface area contributed by atoms with E-state index in [2.05, 4.69) is 0 Å². The summed E-state index contributed by atoms with van der Waals surface area (Å²) in [6.07, 6.45) is -2.91. The fourth-order valence-corrected chi connectivity index (χ4v) is 6.44. The van der Waals surface area contributed by atoms with Crippen molar-refractivity contribution >= 4 is 15.6 Å². The van der Waals surface area contributed by atoms with Gasteiger partial charge in [0.25, 0.3) is 0 Å². The molecule has 0 aliphatic carbocycles. The minimum atomic E-state index is -4.76. The number of ketones is 1. The number of carbonyl (C=O) groups is 1. The quantitative estimate of drug-likeness (QED) is 0.746. The first kappa shape index (κ1) is 17.9. The normalized spacial score (nSPS) is 28.2. The van der Waals surface area contributed by atoms with E-state index in [-0.39, 0.29) is 18.4 Å². The molecule has 134 valence electrons. The fourth-order valence-electron chi connectivity index (χ4n) is 3.91.